The Morgan fingerprint density at radius 2 is 2.14 bits per heavy atom. The van der Waals surface area contributed by atoms with Crippen LogP contribution in [0.2, 0.25) is 5.02 Å². The van der Waals surface area contributed by atoms with Gasteiger partial charge in [0.15, 0.2) is 0 Å². The molecule has 1 atom stereocenters. The third-order valence-corrected chi connectivity index (χ3v) is 3.97. The highest BCUT2D eigenvalue weighted by molar-refractivity contribution is 6.31. The molecule has 0 saturated heterocycles. The average molecular weight is 324 g/mol. The Morgan fingerprint density at radius 3 is 2.77 bits per heavy atom. The third kappa shape index (κ3) is 3.87. The molecule has 0 fully saturated rings. The fourth-order valence-corrected chi connectivity index (χ4v) is 2.90. The largest absolute Gasteiger partial charge is 0.481 e. The van der Waals surface area contributed by atoms with Gasteiger partial charge in [-0.3, -0.25) is 9.69 Å². The summed E-state index contributed by atoms with van der Waals surface area (Å²) < 4.78 is 4.92. The van der Waals surface area contributed by atoms with E-state index in [1.807, 2.05) is 17.0 Å². The van der Waals surface area contributed by atoms with Gasteiger partial charge in [-0.05, 0) is 23.6 Å². The minimum atomic E-state index is -0.875. The number of carbonyl (C=O) groups is 2. The molecule has 0 spiro atoms. The van der Waals surface area contributed by atoms with E-state index in [4.69, 9.17) is 21.4 Å². The number of aliphatic carboxylic acids is 1. The summed E-state index contributed by atoms with van der Waals surface area (Å²) in [7, 11) is 1.34. The molecule has 0 saturated carbocycles. The Balaban J connectivity index is 2.28. The van der Waals surface area contributed by atoms with Gasteiger partial charge in [-0.1, -0.05) is 35.9 Å². The van der Waals surface area contributed by atoms with Crippen molar-refractivity contribution in [1.82, 2.24) is 4.90 Å². The van der Waals surface area contributed by atoms with Gasteiger partial charge in [0, 0.05) is 18.1 Å². The number of benzene rings is 1. The molecular formula is C16H18ClNO4. The highest BCUT2D eigenvalue weighted by Crippen LogP contribution is 2.31. The van der Waals surface area contributed by atoms with Gasteiger partial charge < -0.3 is 9.84 Å². The Hall–Kier alpha value is -1.85. The van der Waals surface area contributed by atoms with Crippen LogP contribution in [0.4, 0.5) is 0 Å². The summed E-state index contributed by atoms with van der Waals surface area (Å²) in [5.74, 6) is -1.27. The van der Waals surface area contributed by atoms with Crippen LogP contribution >= 0.6 is 11.6 Å². The molecule has 118 valence electrons. The number of rotatable bonds is 5. The van der Waals surface area contributed by atoms with Crippen molar-refractivity contribution in [2.24, 2.45) is 0 Å². The molecule has 1 unspecified atom stereocenters. The quantitative estimate of drug-likeness (QED) is 0.666. The first kappa shape index (κ1) is 16.5. The zero-order valence-electron chi connectivity index (χ0n) is 12.3. The molecule has 1 aromatic carbocycles. The van der Waals surface area contributed by atoms with Crippen LogP contribution < -0.4 is 0 Å². The number of hydrogen-bond donors (Lipinski definition) is 1. The van der Waals surface area contributed by atoms with Crippen molar-refractivity contribution in [3.63, 3.8) is 0 Å². The van der Waals surface area contributed by atoms with E-state index in [0.717, 1.165) is 5.57 Å². The summed E-state index contributed by atoms with van der Waals surface area (Å²) in [4.78, 5) is 25.0. The molecule has 0 amide bonds. The van der Waals surface area contributed by atoms with Crippen LogP contribution in [-0.2, 0) is 14.3 Å². The maximum absolute atomic E-state index is 12.2. The first-order chi connectivity index (χ1) is 10.5. The number of carboxylic acid groups (broad SMARTS) is 1. The van der Waals surface area contributed by atoms with E-state index in [1.165, 1.54) is 7.11 Å². The second-order valence-corrected chi connectivity index (χ2v) is 5.55. The van der Waals surface area contributed by atoms with Crippen molar-refractivity contribution in [3.05, 3.63) is 46.5 Å². The van der Waals surface area contributed by atoms with E-state index in [1.54, 1.807) is 18.2 Å². The summed E-state index contributed by atoms with van der Waals surface area (Å²) >= 11 is 6.22. The van der Waals surface area contributed by atoms with Gasteiger partial charge >= 0.3 is 11.9 Å². The number of carboxylic acids is 1. The Bertz CT molecular complexity index is 600. The molecule has 1 aliphatic heterocycles. The molecular weight excluding hydrogens is 306 g/mol. The van der Waals surface area contributed by atoms with E-state index in [9.17, 15) is 9.59 Å². The summed E-state index contributed by atoms with van der Waals surface area (Å²) in [5.41, 5.74) is 1.47. The molecule has 0 aromatic heterocycles. The minimum absolute atomic E-state index is 0.0209. The molecule has 2 rings (SSSR count). The average Bonchev–Trinajstić information content (AvgIpc) is 2.49. The lowest BCUT2D eigenvalue weighted by atomic mass is 10.00. The number of nitrogens with zero attached hydrogens (tertiary/aromatic N) is 1. The first-order valence-corrected chi connectivity index (χ1v) is 7.36. The van der Waals surface area contributed by atoms with Crippen LogP contribution in [-0.4, -0.2) is 42.1 Å². The van der Waals surface area contributed by atoms with Crippen molar-refractivity contribution in [2.45, 2.75) is 18.9 Å². The summed E-state index contributed by atoms with van der Waals surface area (Å²) in [6.07, 6.45) is 2.60. The second kappa shape index (κ2) is 7.42. The summed E-state index contributed by atoms with van der Waals surface area (Å²) in [5, 5.41) is 9.43. The van der Waals surface area contributed by atoms with Crippen LogP contribution in [0, 0.1) is 0 Å². The lowest BCUT2D eigenvalue weighted by Gasteiger charge is -2.33. The zero-order valence-corrected chi connectivity index (χ0v) is 13.0. The zero-order chi connectivity index (χ0) is 16.1. The van der Waals surface area contributed by atoms with Crippen molar-refractivity contribution in [1.29, 1.82) is 0 Å². The van der Waals surface area contributed by atoms with Gasteiger partial charge in [0.2, 0.25) is 0 Å². The van der Waals surface area contributed by atoms with Gasteiger partial charge in [0.25, 0.3) is 0 Å². The molecule has 1 aromatic rings. The van der Waals surface area contributed by atoms with E-state index in [0.29, 0.717) is 30.1 Å². The monoisotopic (exact) mass is 323 g/mol. The van der Waals surface area contributed by atoms with Crippen molar-refractivity contribution >= 4 is 23.5 Å². The molecule has 6 heteroatoms. The Labute approximate surface area is 134 Å². The van der Waals surface area contributed by atoms with Crippen LogP contribution in [0.5, 0.6) is 0 Å². The fraction of sp³-hybridized carbons (Fsp3) is 0.375. The van der Waals surface area contributed by atoms with Gasteiger partial charge in [-0.25, -0.2) is 4.79 Å². The van der Waals surface area contributed by atoms with Gasteiger partial charge in [-0.15, -0.1) is 0 Å². The van der Waals surface area contributed by atoms with Crippen molar-refractivity contribution < 1.29 is 19.4 Å². The minimum Gasteiger partial charge on any atom is -0.481 e. The van der Waals surface area contributed by atoms with Crippen LogP contribution in [0.15, 0.2) is 35.9 Å². The van der Waals surface area contributed by atoms with Gasteiger partial charge in [0.05, 0.1) is 13.5 Å². The molecule has 0 aliphatic carbocycles. The standard InChI is InChI=1S/C16H18ClNO4/c1-22-16(21)15(12-6-2-3-7-13(12)17)18-8-4-5-11(10-18)9-14(19)20/h2-3,5-7,15H,4,8-10H2,1H3,(H,19,20). The van der Waals surface area contributed by atoms with E-state index < -0.39 is 18.0 Å². The Kier molecular flexibility index (Phi) is 5.57. The number of ether oxygens (including phenoxy) is 1. The van der Waals surface area contributed by atoms with E-state index in [2.05, 4.69) is 0 Å². The fourth-order valence-electron chi connectivity index (χ4n) is 2.66. The van der Waals surface area contributed by atoms with Crippen LogP contribution in [0.1, 0.15) is 24.4 Å². The molecule has 1 N–H and O–H groups in total. The SMILES string of the molecule is COC(=O)C(c1ccccc1Cl)N1CCC=C(CC(=O)O)C1. The van der Waals surface area contributed by atoms with Crippen LogP contribution in [0.25, 0.3) is 0 Å². The molecule has 1 heterocycles. The van der Waals surface area contributed by atoms with Gasteiger partial charge in [0.1, 0.15) is 6.04 Å². The highest BCUT2D eigenvalue weighted by atomic mass is 35.5. The third-order valence-electron chi connectivity index (χ3n) is 3.62. The molecule has 5 nitrogen and oxygen atoms in total. The van der Waals surface area contributed by atoms with Gasteiger partial charge in [-0.2, -0.15) is 0 Å². The molecule has 1 aliphatic rings. The molecule has 22 heavy (non-hydrogen) atoms. The Morgan fingerprint density at radius 1 is 1.41 bits per heavy atom. The summed E-state index contributed by atoms with van der Waals surface area (Å²) in [6, 6.07) is 6.50. The molecule has 0 bridgehead atoms. The normalized spacial score (nSPS) is 16.7. The smallest absolute Gasteiger partial charge is 0.327 e. The topological polar surface area (TPSA) is 66.8 Å². The maximum atomic E-state index is 12.2. The molecule has 0 radical (unpaired) electrons. The predicted molar refractivity (Wildman–Crippen MR) is 82.7 cm³/mol. The lowest BCUT2D eigenvalue weighted by Crippen LogP contribution is -2.39. The van der Waals surface area contributed by atoms with E-state index in [-0.39, 0.29) is 6.42 Å². The number of hydrogen-bond acceptors (Lipinski definition) is 4. The number of methoxy groups -OCH3 is 1. The predicted octanol–water partition coefficient (Wildman–Crippen LogP) is 2.66. The first-order valence-electron chi connectivity index (χ1n) is 6.99. The van der Waals surface area contributed by atoms with E-state index >= 15 is 0 Å². The second-order valence-electron chi connectivity index (χ2n) is 5.14. The van der Waals surface area contributed by atoms with Crippen LogP contribution in [0.3, 0.4) is 0 Å². The number of carbonyl (C=O) groups excluding carboxylic acids is 1. The van der Waals surface area contributed by atoms with Crippen molar-refractivity contribution in [2.75, 3.05) is 20.2 Å². The number of esters is 1. The summed E-state index contributed by atoms with van der Waals surface area (Å²) in [6.45, 7) is 1.06. The number of halogens is 1. The lowest BCUT2D eigenvalue weighted by molar-refractivity contribution is -0.147. The van der Waals surface area contributed by atoms with Crippen molar-refractivity contribution in [3.8, 4) is 0 Å². The maximum Gasteiger partial charge on any atom is 0.327 e. The highest BCUT2D eigenvalue weighted by Gasteiger charge is 2.31.